The first-order valence-electron chi connectivity index (χ1n) is 8.32. The van der Waals surface area contributed by atoms with Crippen LogP contribution >= 0.6 is 0 Å². The number of likely N-dealkylation sites (N-methyl/N-ethyl adjacent to an activating group) is 1. The van der Waals surface area contributed by atoms with Crippen molar-refractivity contribution in [3.8, 4) is 0 Å². The molecule has 0 bridgehead atoms. The number of rotatable bonds is 2. The molecule has 20 heavy (non-hydrogen) atoms. The Morgan fingerprint density at radius 2 is 2.00 bits per heavy atom. The minimum atomic E-state index is 0.188. The minimum Gasteiger partial charge on any atom is -0.380 e. The van der Waals surface area contributed by atoms with Crippen LogP contribution in [0.15, 0.2) is 0 Å². The van der Waals surface area contributed by atoms with E-state index in [0.717, 1.165) is 32.3 Å². The number of piperidine rings is 2. The van der Waals surface area contributed by atoms with Gasteiger partial charge in [0.25, 0.3) is 0 Å². The molecule has 0 N–H and O–H groups in total. The normalized spacial score (nSPS) is 41.5. The maximum Gasteiger partial charge on any atom is 0.0871 e. The van der Waals surface area contributed by atoms with E-state index in [1.54, 1.807) is 0 Å². The summed E-state index contributed by atoms with van der Waals surface area (Å²) in [6.07, 6.45) is 5.29. The first-order chi connectivity index (χ1) is 9.70. The Morgan fingerprint density at radius 1 is 1.15 bits per heavy atom. The number of ether oxygens (including phenoxy) is 2. The molecule has 4 fully saturated rings. The third-order valence-corrected chi connectivity index (χ3v) is 6.09. The molecule has 2 atom stereocenters. The average molecular weight is 280 g/mol. The standard InChI is InChI=1S/C16H28N2O2/c1-17-7-3-14(16(11-17)5-8-20-16)9-18-6-2-4-15(10-18)12-19-13-15/h14H,2-13H2,1H3. The predicted molar refractivity (Wildman–Crippen MR) is 77.8 cm³/mol. The van der Waals surface area contributed by atoms with Gasteiger partial charge in [-0.2, -0.15) is 0 Å². The van der Waals surface area contributed by atoms with Gasteiger partial charge in [-0.15, -0.1) is 0 Å². The maximum atomic E-state index is 6.08. The lowest BCUT2D eigenvalue weighted by Crippen LogP contribution is -2.63. The van der Waals surface area contributed by atoms with Gasteiger partial charge in [-0.05, 0) is 39.4 Å². The van der Waals surface area contributed by atoms with E-state index < -0.39 is 0 Å². The Labute approximate surface area is 122 Å². The fraction of sp³-hybridized carbons (Fsp3) is 1.00. The summed E-state index contributed by atoms with van der Waals surface area (Å²) in [5.74, 6) is 0.739. The molecule has 0 aromatic carbocycles. The van der Waals surface area contributed by atoms with Crippen LogP contribution in [-0.2, 0) is 9.47 Å². The van der Waals surface area contributed by atoms with E-state index in [1.807, 2.05) is 0 Å². The Hall–Kier alpha value is -0.160. The zero-order chi connectivity index (χ0) is 13.6. The SMILES string of the molecule is CN1CCC(CN2CCCC3(COC3)C2)C2(CCO2)C1. The van der Waals surface area contributed by atoms with Gasteiger partial charge in [0.05, 0.1) is 25.4 Å². The molecular formula is C16H28N2O2. The zero-order valence-electron chi connectivity index (χ0n) is 12.8. The molecule has 4 aliphatic rings. The largest absolute Gasteiger partial charge is 0.380 e. The number of likely N-dealkylation sites (tertiary alicyclic amines) is 2. The highest BCUT2D eigenvalue weighted by atomic mass is 16.5. The number of nitrogens with zero attached hydrogens (tertiary/aromatic N) is 2. The maximum absolute atomic E-state index is 6.08. The fourth-order valence-corrected chi connectivity index (χ4v) is 4.78. The van der Waals surface area contributed by atoms with Crippen LogP contribution in [0.25, 0.3) is 0 Å². The van der Waals surface area contributed by atoms with Crippen molar-refractivity contribution in [1.82, 2.24) is 9.80 Å². The molecule has 0 aliphatic carbocycles. The van der Waals surface area contributed by atoms with E-state index in [1.165, 1.54) is 51.9 Å². The first kappa shape index (κ1) is 13.5. The predicted octanol–water partition coefficient (Wildman–Crippen LogP) is 1.21. The third kappa shape index (κ3) is 2.21. The molecule has 0 aromatic rings. The van der Waals surface area contributed by atoms with Crippen LogP contribution in [0.3, 0.4) is 0 Å². The van der Waals surface area contributed by atoms with Crippen LogP contribution in [0.1, 0.15) is 25.7 Å². The van der Waals surface area contributed by atoms with Gasteiger partial charge >= 0.3 is 0 Å². The van der Waals surface area contributed by atoms with Gasteiger partial charge < -0.3 is 19.3 Å². The average Bonchev–Trinajstić information content (AvgIpc) is 2.37. The molecule has 4 rings (SSSR count). The summed E-state index contributed by atoms with van der Waals surface area (Å²) >= 11 is 0. The van der Waals surface area contributed by atoms with E-state index in [2.05, 4.69) is 16.8 Å². The van der Waals surface area contributed by atoms with Crippen molar-refractivity contribution < 1.29 is 9.47 Å². The van der Waals surface area contributed by atoms with E-state index in [9.17, 15) is 0 Å². The molecule has 4 nitrogen and oxygen atoms in total. The molecular weight excluding hydrogens is 252 g/mol. The molecule has 4 heteroatoms. The smallest absolute Gasteiger partial charge is 0.0871 e. The molecule has 4 heterocycles. The van der Waals surface area contributed by atoms with Gasteiger partial charge in [-0.3, -0.25) is 0 Å². The lowest BCUT2D eigenvalue weighted by Gasteiger charge is -2.55. The van der Waals surface area contributed by atoms with Crippen molar-refractivity contribution in [2.45, 2.75) is 31.3 Å². The molecule has 0 amide bonds. The summed E-state index contributed by atoms with van der Waals surface area (Å²) in [5.41, 5.74) is 0.699. The van der Waals surface area contributed by atoms with Gasteiger partial charge in [-0.25, -0.2) is 0 Å². The highest BCUT2D eigenvalue weighted by molar-refractivity contribution is 5.01. The van der Waals surface area contributed by atoms with Crippen molar-refractivity contribution in [1.29, 1.82) is 0 Å². The summed E-state index contributed by atoms with van der Waals surface area (Å²) in [6.45, 7) is 9.13. The van der Waals surface area contributed by atoms with Crippen LogP contribution in [0, 0.1) is 11.3 Å². The van der Waals surface area contributed by atoms with Crippen LogP contribution in [0.5, 0.6) is 0 Å². The monoisotopic (exact) mass is 280 g/mol. The lowest BCUT2D eigenvalue weighted by molar-refractivity contribution is -0.213. The topological polar surface area (TPSA) is 24.9 Å². The Morgan fingerprint density at radius 3 is 2.65 bits per heavy atom. The van der Waals surface area contributed by atoms with Crippen LogP contribution in [0.2, 0.25) is 0 Å². The van der Waals surface area contributed by atoms with Crippen molar-refractivity contribution in [2.24, 2.45) is 11.3 Å². The summed E-state index contributed by atoms with van der Waals surface area (Å²) in [5, 5.41) is 0. The molecule has 0 aromatic heterocycles. The summed E-state index contributed by atoms with van der Waals surface area (Å²) in [6, 6.07) is 0. The Kier molecular flexibility index (Phi) is 3.33. The molecule has 0 radical (unpaired) electrons. The van der Waals surface area contributed by atoms with E-state index in [-0.39, 0.29) is 5.60 Å². The van der Waals surface area contributed by atoms with Gasteiger partial charge in [0.15, 0.2) is 0 Å². The van der Waals surface area contributed by atoms with Crippen LogP contribution in [0.4, 0.5) is 0 Å². The number of hydrogen-bond donors (Lipinski definition) is 0. The van der Waals surface area contributed by atoms with E-state index in [0.29, 0.717) is 5.41 Å². The summed E-state index contributed by atoms with van der Waals surface area (Å²) in [4.78, 5) is 5.17. The van der Waals surface area contributed by atoms with Crippen molar-refractivity contribution in [3.05, 3.63) is 0 Å². The van der Waals surface area contributed by atoms with E-state index >= 15 is 0 Å². The summed E-state index contributed by atoms with van der Waals surface area (Å²) in [7, 11) is 2.24. The van der Waals surface area contributed by atoms with Crippen molar-refractivity contribution in [2.75, 3.05) is 59.6 Å². The second-order valence-electron chi connectivity index (χ2n) is 7.72. The highest BCUT2D eigenvalue weighted by Gasteiger charge is 2.50. The lowest BCUT2D eigenvalue weighted by atomic mass is 9.74. The second-order valence-corrected chi connectivity index (χ2v) is 7.72. The molecule has 4 aliphatic heterocycles. The molecule has 4 saturated heterocycles. The quantitative estimate of drug-likeness (QED) is 0.759. The van der Waals surface area contributed by atoms with E-state index in [4.69, 9.17) is 9.47 Å². The highest BCUT2D eigenvalue weighted by Crippen LogP contribution is 2.42. The molecule has 2 spiro atoms. The summed E-state index contributed by atoms with van der Waals surface area (Å²) < 4.78 is 11.6. The molecule has 2 unspecified atom stereocenters. The van der Waals surface area contributed by atoms with Crippen LogP contribution in [-0.4, -0.2) is 75.0 Å². The Balaban J connectivity index is 1.40. The second kappa shape index (κ2) is 4.94. The van der Waals surface area contributed by atoms with Crippen molar-refractivity contribution in [3.63, 3.8) is 0 Å². The van der Waals surface area contributed by atoms with Crippen LogP contribution < -0.4 is 0 Å². The van der Waals surface area contributed by atoms with Gasteiger partial charge in [0.2, 0.25) is 0 Å². The minimum absolute atomic E-state index is 0.188. The molecule has 114 valence electrons. The van der Waals surface area contributed by atoms with Gasteiger partial charge in [0, 0.05) is 37.4 Å². The number of hydrogen-bond acceptors (Lipinski definition) is 4. The third-order valence-electron chi connectivity index (χ3n) is 6.09. The van der Waals surface area contributed by atoms with Gasteiger partial charge in [0.1, 0.15) is 0 Å². The van der Waals surface area contributed by atoms with Gasteiger partial charge in [-0.1, -0.05) is 0 Å². The first-order valence-corrected chi connectivity index (χ1v) is 8.32. The Bertz CT molecular complexity index is 365. The van der Waals surface area contributed by atoms with Crippen molar-refractivity contribution >= 4 is 0 Å². The fourth-order valence-electron chi connectivity index (χ4n) is 4.78. The zero-order valence-corrected chi connectivity index (χ0v) is 12.8. The molecule has 0 saturated carbocycles.